The van der Waals surface area contributed by atoms with E-state index in [0.29, 0.717) is 16.3 Å². The van der Waals surface area contributed by atoms with Gasteiger partial charge in [0, 0.05) is 24.3 Å². The van der Waals surface area contributed by atoms with Crippen molar-refractivity contribution in [2.45, 2.75) is 69.4 Å². The summed E-state index contributed by atoms with van der Waals surface area (Å²) in [5, 5.41) is 4.44. The Balaban J connectivity index is 1.88. The first kappa shape index (κ1) is 31.1. The van der Waals surface area contributed by atoms with E-state index in [4.69, 9.17) is 18.2 Å². The molecule has 1 saturated heterocycles. The average molecular weight is 592 g/mol. The predicted molar refractivity (Wildman–Crippen MR) is 133 cm³/mol. The van der Waals surface area contributed by atoms with Crippen molar-refractivity contribution >= 4 is 40.9 Å². The van der Waals surface area contributed by atoms with Gasteiger partial charge in [-0.2, -0.15) is 22.0 Å². The van der Waals surface area contributed by atoms with Gasteiger partial charge in [0.05, 0.1) is 6.42 Å². The van der Waals surface area contributed by atoms with Crippen LogP contribution in [0.25, 0.3) is 4.85 Å². The van der Waals surface area contributed by atoms with Gasteiger partial charge in [-0.3, -0.25) is 28.9 Å². The van der Waals surface area contributed by atoms with E-state index in [2.05, 4.69) is 10.2 Å². The summed E-state index contributed by atoms with van der Waals surface area (Å²) in [7, 11) is 1.15. The fourth-order valence-electron chi connectivity index (χ4n) is 4.97. The topological polar surface area (TPSA) is 103 Å². The average Bonchev–Trinajstić information content (AvgIpc) is 3.38. The molecule has 3 rings (SSSR count). The lowest BCUT2D eigenvalue weighted by atomic mass is 9.80. The lowest BCUT2D eigenvalue weighted by Gasteiger charge is -2.34. The molecule has 4 amide bonds. The molecule has 0 bridgehead atoms. The van der Waals surface area contributed by atoms with Crippen molar-refractivity contribution in [1.82, 2.24) is 15.1 Å². The molecule has 0 radical (unpaired) electrons. The second-order valence-electron chi connectivity index (χ2n) is 10.4. The van der Waals surface area contributed by atoms with Crippen LogP contribution in [0.1, 0.15) is 39.2 Å². The molecule has 1 aromatic rings. The summed E-state index contributed by atoms with van der Waals surface area (Å²) in [4.78, 5) is 57.1. The van der Waals surface area contributed by atoms with E-state index >= 15 is 0 Å². The number of carbonyl (C=O) groups is 4. The Morgan fingerprint density at radius 2 is 1.88 bits per heavy atom. The van der Waals surface area contributed by atoms with E-state index in [1.807, 2.05) is 0 Å². The monoisotopic (exact) mass is 591 g/mol. The number of carbonyl (C=O) groups excluding carboxylic acids is 4. The summed E-state index contributed by atoms with van der Waals surface area (Å²) in [6, 6.07) is 1.63. The molecule has 2 heterocycles. The first-order valence-corrected chi connectivity index (χ1v) is 12.6. The van der Waals surface area contributed by atoms with Crippen LogP contribution in [0.4, 0.5) is 27.6 Å². The van der Waals surface area contributed by atoms with Gasteiger partial charge < -0.3 is 15.5 Å². The predicted octanol–water partition coefficient (Wildman–Crippen LogP) is 3.58. The number of benzene rings is 1. The number of nitrogens with zero attached hydrogens (tertiary/aromatic N) is 3. The number of nitrogens with one attached hydrogen (secondary N) is 2. The van der Waals surface area contributed by atoms with Crippen LogP contribution in [-0.2, 0) is 24.6 Å². The SMILES string of the molecule is [C-]#[N+][C@@H]1C[C@@]2(CN1C(=O)[C@H](CC(C)C)N(C)C(=O)[C@H](C)NC(=O)C(F)(F)C(F)(F)F)C(=O)Nc1ccc(Cl)cc12. The van der Waals surface area contributed by atoms with Crippen molar-refractivity contribution < 1.29 is 41.1 Å². The number of fused-ring (bicyclic) bond motifs is 2. The van der Waals surface area contributed by atoms with E-state index in [0.717, 1.165) is 18.9 Å². The van der Waals surface area contributed by atoms with Gasteiger partial charge >= 0.3 is 24.2 Å². The number of likely N-dealkylation sites (tertiary alicyclic amines) is 1. The van der Waals surface area contributed by atoms with Crippen LogP contribution in [0.15, 0.2) is 18.2 Å². The number of halogens is 6. The number of likely N-dealkylation sites (N-methyl/N-ethyl adjacent to an activating group) is 1. The minimum Gasteiger partial charge on any atom is -0.339 e. The zero-order valence-corrected chi connectivity index (χ0v) is 22.7. The molecular weight excluding hydrogens is 565 g/mol. The summed E-state index contributed by atoms with van der Waals surface area (Å²) >= 11 is 6.14. The van der Waals surface area contributed by atoms with Crippen molar-refractivity contribution in [3.8, 4) is 0 Å². The minimum absolute atomic E-state index is 0.0310. The molecule has 2 N–H and O–H groups in total. The number of alkyl halides is 5. The Kier molecular flexibility index (Phi) is 8.41. The summed E-state index contributed by atoms with van der Waals surface area (Å²) in [6.45, 7) is 11.8. The third-order valence-corrected chi connectivity index (χ3v) is 7.33. The summed E-state index contributed by atoms with van der Waals surface area (Å²) in [5.74, 6) is -10.9. The Labute approximate surface area is 231 Å². The zero-order valence-electron chi connectivity index (χ0n) is 21.9. The molecule has 0 aromatic heterocycles. The van der Waals surface area contributed by atoms with E-state index in [1.54, 1.807) is 32.0 Å². The van der Waals surface area contributed by atoms with Crippen LogP contribution in [0.3, 0.4) is 0 Å². The molecule has 1 aromatic carbocycles. The zero-order chi connectivity index (χ0) is 30.4. The fourth-order valence-corrected chi connectivity index (χ4v) is 5.14. The molecule has 1 fully saturated rings. The van der Waals surface area contributed by atoms with Crippen LogP contribution in [0.5, 0.6) is 0 Å². The second kappa shape index (κ2) is 10.8. The molecule has 2 aliphatic heterocycles. The second-order valence-corrected chi connectivity index (χ2v) is 10.8. The minimum atomic E-state index is -6.17. The van der Waals surface area contributed by atoms with Crippen LogP contribution in [0.2, 0.25) is 5.02 Å². The molecule has 2 aliphatic rings. The Bertz CT molecular complexity index is 1270. The van der Waals surface area contributed by atoms with Crippen LogP contribution in [-0.4, -0.2) is 77.4 Å². The molecule has 40 heavy (non-hydrogen) atoms. The number of rotatable bonds is 7. The standard InChI is InChI=1S/C25H27ClF5N5O4/c1-12(2)8-17(35(5)19(37)13(3)33-22(40)24(27,28)25(29,30)31)20(38)36-11-23(10-18(36)32-4)15-9-14(26)6-7-16(15)34-21(23)39/h6-7,9,12-13,17-18H,8,10-11H2,1-3,5H3,(H,33,40)(H,34,39)/t13-,17-,18-,23-/m0/s1. The van der Waals surface area contributed by atoms with Crippen molar-refractivity contribution in [2.75, 3.05) is 18.9 Å². The molecule has 218 valence electrons. The van der Waals surface area contributed by atoms with Gasteiger partial charge in [-0.1, -0.05) is 25.4 Å². The van der Waals surface area contributed by atoms with Crippen LogP contribution >= 0.6 is 11.6 Å². The normalized spacial score (nSPS) is 22.0. The smallest absolute Gasteiger partial charge is 0.339 e. The van der Waals surface area contributed by atoms with Crippen LogP contribution in [0, 0.1) is 12.5 Å². The van der Waals surface area contributed by atoms with Gasteiger partial charge in [0.2, 0.25) is 11.8 Å². The molecule has 0 aliphatic carbocycles. The molecule has 0 saturated carbocycles. The molecule has 0 unspecified atom stereocenters. The number of hydrogen-bond donors (Lipinski definition) is 2. The number of amides is 4. The maximum atomic E-state index is 13.8. The van der Waals surface area contributed by atoms with Gasteiger partial charge in [0.15, 0.2) is 0 Å². The lowest BCUT2D eigenvalue weighted by Crippen LogP contribution is -2.58. The van der Waals surface area contributed by atoms with Gasteiger partial charge in [-0.15, -0.1) is 0 Å². The molecule has 4 atom stereocenters. The third-order valence-electron chi connectivity index (χ3n) is 7.10. The molecular formula is C25H27ClF5N5O4. The Morgan fingerprint density at radius 1 is 1.25 bits per heavy atom. The van der Waals surface area contributed by atoms with Crippen molar-refractivity contribution in [3.05, 3.63) is 40.2 Å². The van der Waals surface area contributed by atoms with E-state index < -0.39 is 59.4 Å². The van der Waals surface area contributed by atoms with E-state index in [-0.39, 0.29) is 25.3 Å². The summed E-state index contributed by atoms with van der Waals surface area (Å²) in [5.41, 5.74) is -0.278. The number of hydrogen-bond acceptors (Lipinski definition) is 4. The van der Waals surface area contributed by atoms with Gasteiger partial charge in [-0.25, -0.2) is 6.57 Å². The summed E-state index contributed by atoms with van der Waals surface area (Å²) in [6.07, 6.45) is -7.28. The molecule has 9 nitrogen and oxygen atoms in total. The maximum absolute atomic E-state index is 13.8. The first-order chi connectivity index (χ1) is 18.4. The van der Waals surface area contributed by atoms with Crippen molar-refractivity contribution in [1.29, 1.82) is 0 Å². The Hall–Kier alpha value is -3.47. The van der Waals surface area contributed by atoms with Crippen LogP contribution < -0.4 is 10.6 Å². The third kappa shape index (κ3) is 5.43. The lowest BCUT2D eigenvalue weighted by molar-refractivity contribution is -0.270. The van der Waals surface area contributed by atoms with Gasteiger partial charge in [0.1, 0.15) is 17.5 Å². The fraction of sp³-hybridized carbons (Fsp3) is 0.560. The number of anilines is 1. The van der Waals surface area contributed by atoms with Crippen molar-refractivity contribution in [2.24, 2.45) is 5.92 Å². The summed E-state index contributed by atoms with van der Waals surface area (Å²) < 4.78 is 64.5. The quantitative estimate of drug-likeness (QED) is 0.374. The molecule has 1 spiro atoms. The van der Waals surface area contributed by atoms with Gasteiger partial charge in [-0.05, 0) is 43.0 Å². The van der Waals surface area contributed by atoms with E-state index in [9.17, 15) is 41.1 Å². The molecule has 15 heteroatoms. The highest BCUT2D eigenvalue weighted by Crippen LogP contribution is 2.48. The van der Waals surface area contributed by atoms with E-state index in [1.165, 1.54) is 10.2 Å². The highest BCUT2D eigenvalue weighted by molar-refractivity contribution is 6.31. The highest BCUT2D eigenvalue weighted by Gasteiger charge is 2.64. The first-order valence-electron chi connectivity index (χ1n) is 12.2. The van der Waals surface area contributed by atoms with Crippen molar-refractivity contribution in [3.63, 3.8) is 0 Å². The Morgan fingerprint density at radius 3 is 2.42 bits per heavy atom. The highest BCUT2D eigenvalue weighted by atomic mass is 35.5. The maximum Gasteiger partial charge on any atom is 0.463 e. The van der Waals surface area contributed by atoms with Gasteiger partial charge in [0.25, 0.3) is 5.91 Å². The largest absolute Gasteiger partial charge is 0.463 e.